The van der Waals surface area contributed by atoms with Gasteiger partial charge >= 0.3 is 0 Å². The van der Waals surface area contributed by atoms with E-state index in [2.05, 4.69) is 4.98 Å². The summed E-state index contributed by atoms with van der Waals surface area (Å²) in [6, 6.07) is 2.03. The fourth-order valence-corrected chi connectivity index (χ4v) is 4.56. The van der Waals surface area contributed by atoms with Gasteiger partial charge in [-0.15, -0.1) is 0 Å². The van der Waals surface area contributed by atoms with Gasteiger partial charge in [0, 0.05) is 18.7 Å². The van der Waals surface area contributed by atoms with Crippen molar-refractivity contribution in [3.05, 3.63) is 46.1 Å². The van der Waals surface area contributed by atoms with Gasteiger partial charge in [0.05, 0.1) is 6.20 Å². The van der Waals surface area contributed by atoms with E-state index in [4.69, 9.17) is 11.6 Å². The van der Waals surface area contributed by atoms with E-state index >= 15 is 0 Å². The summed E-state index contributed by atoms with van der Waals surface area (Å²) in [5.74, 6) is -1.31. The molecule has 0 bridgehead atoms. The van der Waals surface area contributed by atoms with Crippen LogP contribution in [0.2, 0.25) is 4.47 Å². The molecule has 0 saturated carbocycles. The van der Waals surface area contributed by atoms with Gasteiger partial charge in [0.1, 0.15) is 11.6 Å². The van der Waals surface area contributed by atoms with Crippen LogP contribution in [0.1, 0.15) is 18.5 Å². The standard InChI is InChI=1S/C12H11ClF2N2O2S2/c1-7(9-5-8(14)3-4-10(9)15)17(2)21(18,19)11-6-16-12(13)20-11/h3-7H,1-2H3. The highest BCUT2D eigenvalue weighted by atomic mass is 35.5. The van der Waals surface area contributed by atoms with Gasteiger partial charge in [0.15, 0.2) is 8.68 Å². The fourth-order valence-electron chi connectivity index (χ4n) is 1.74. The number of rotatable bonds is 4. The minimum absolute atomic E-state index is 0.0447. The van der Waals surface area contributed by atoms with Crippen LogP contribution in [0.4, 0.5) is 8.78 Å². The summed E-state index contributed by atoms with van der Waals surface area (Å²) >= 11 is 6.43. The lowest BCUT2D eigenvalue weighted by molar-refractivity contribution is 0.386. The van der Waals surface area contributed by atoms with Crippen LogP contribution in [0.15, 0.2) is 28.6 Å². The smallest absolute Gasteiger partial charge is 0.232 e. The molecule has 0 amide bonds. The molecular formula is C12H11ClF2N2O2S2. The Balaban J connectivity index is 2.39. The first-order chi connectivity index (χ1) is 9.73. The largest absolute Gasteiger partial charge is 0.254 e. The van der Waals surface area contributed by atoms with Crippen LogP contribution in [-0.2, 0) is 10.0 Å². The van der Waals surface area contributed by atoms with E-state index in [1.165, 1.54) is 14.0 Å². The second kappa shape index (κ2) is 5.96. The molecule has 0 spiro atoms. The molecule has 2 rings (SSSR count). The SMILES string of the molecule is CC(c1cc(F)ccc1F)N(C)S(=O)(=O)c1cnc(Cl)s1. The maximum absolute atomic E-state index is 13.8. The van der Waals surface area contributed by atoms with Crippen molar-refractivity contribution in [1.29, 1.82) is 0 Å². The van der Waals surface area contributed by atoms with Crippen molar-refractivity contribution in [2.45, 2.75) is 17.2 Å². The molecule has 1 heterocycles. The van der Waals surface area contributed by atoms with E-state index in [1.807, 2.05) is 0 Å². The van der Waals surface area contributed by atoms with Gasteiger partial charge in [-0.05, 0) is 25.1 Å². The van der Waals surface area contributed by atoms with Gasteiger partial charge in [-0.1, -0.05) is 22.9 Å². The number of halogens is 3. The first-order valence-electron chi connectivity index (χ1n) is 5.78. The summed E-state index contributed by atoms with van der Waals surface area (Å²) in [7, 11) is -2.59. The lowest BCUT2D eigenvalue weighted by atomic mass is 10.1. The zero-order valence-electron chi connectivity index (χ0n) is 11.0. The van der Waals surface area contributed by atoms with Crippen LogP contribution in [0, 0.1) is 11.6 Å². The zero-order chi connectivity index (χ0) is 15.8. The number of sulfonamides is 1. The third kappa shape index (κ3) is 3.23. The molecule has 21 heavy (non-hydrogen) atoms. The lowest BCUT2D eigenvalue weighted by Gasteiger charge is -2.24. The second-order valence-corrected chi connectivity index (χ2v) is 8.13. The Bertz CT molecular complexity index is 764. The Morgan fingerprint density at radius 2 is 2.05 bits per heavy atom. The Hall–Kier alpha value is -1.09. The number of hydrogen-bond donors (Lipinski definition) is 0. The summed E-state index contributed by atoms with van der Waals surface area (Å²) in [6.45, 7) is 1.47. The topological polar surface area (TPSA) is 50.3 Å². The van der Waals surface area contributed by atoms with E-state index in [1.54, 1.807) is 0 Å². The minimum Gasteiger partial charge on any atom is -0.232 e. The van der Waals surface area contributed by atoms with Crippen LogP contribution < -0.4 is 0 Å². The van der Waals surface area contributed by atoms with Crippen molar-refractivity contribution in [2.75, 3.05) is 7.05 Å². The van der Waals surface area contributed by atoms with E-state index < -0.39 is 27.7 Å². The van der Waals surface area contributed by atoms with Crippen LogP contribution >= 0.6 is 22.9 Å². The van der Waals surface area contributed by atoms with Crippen molar-refractivity contribution in [2.24, 2.45) is 0 Å². The molecule has 0 radical (unpaired) electrons. The Kier molecular flexibility index (Phi) is 4.62. The molecule has 0 N–H and O–H groups in total. The normalized spacial score (nSPS) is 13.6. The predicted octanol–water partition coefficient (Wildman–Crippen LogP) is 3.46. The lowest BCUT2D eigenvalue weighted by Crippen LogP contribution is -2.29. The summed E-state index contributed by atoms with van der Waals surface area (Å²) in [5, 5.41) is 0. The van der Waals surface area contributed by atoms with Crippen LogP contribution in [-0.4, -0.2) is 24.8 Å². The Morgan fingerprint density at radius 1 is 1.38 bits per heavy atom. The maximum Gasteiger partial charge on any atom is 0.254 e. The molecule has 1 aromatic heterocycles. The molecule has 114 valence electrons. The first kappa shape index (κ1) is 16.3. The molecule has 9 heteroatoms. The summed E-state index contributed by atoms with van der Waals surface area (Å²) in [5.41, 5.74) is -0.0447. The minimum atomic E-state index is -3.88. The van der Waals surface area contributed by atoms with Crippen LogP contribution in [0.25, 0.3) is 0 Å². The number of hydrogen-bond acceptors (Lipinski definition) is 4. The fraction of sp³-hybridized carbons (Fsp3) is 0.250. The average Bonchev–Trinajstić information content (AvgIpc) is 2.87. The van der Waals surface area contributed by atoms with Gasteiger partial charge < -0.3 is 0 Å². The Labute approximate surface area is 130 Å². The Morgan fingerprint density at radius 3 is 2.62 bits per heavy atom. The monoisotopic (exact) mass is 352 g/mol. The molecular weight excluding hydrogens is 342 g/mol. The van der Waals surface area contributed by atoms with Crippen molar-refractivity contribution >= 4 is 33.0 Å². The number of aromatic nitrogens is 1. The van der Waals surface area contributed by atoms with Crippen molar-refractivity contribution in [3.63, 3.8) is 0 Å². The van der Waals surface area contributed by atoms with Crippen molar-refractivity contribution in [3.8, 4) is 0 Å². The summed E-state index contributed by atoms with van der Waals surface area (Å²) < 4.78 is 52.7. The molecule has 0 fully saturated rings. The van der Waals surface area contributed by atoms with Gasteiger partial charge in [-0.3, -0.25) is 0 Å². The van der Waals surface area contributed by atoms with E-state index in [9.17, 15) is 17.2 Å². The van der Waals surface area contributed by atoms with Gasteiger partial charge in [0.25, 0.3) is 10.0 Å². The third-order valence-electron chi connectivity index (χ3n) is 3.04. The van der Waals surface area contributed by atoms with Crippen LogP contribution in [0.3, 0.4) is 0 Å². The van der Waals surface area contributed by atoms with E-state index in [0.29, 0.717) is 0 Å². The highest BCUT2D eigenvalue weighted by molar-refractivity contribution is 7.91. The number of thiazole rings is 1. The van der Waals surface area contributed by atoms with Crippen molar-refractivity contribution in [1.82, 2.24) is 9.29 Å². The second-order valence-electron chi connectivity index (χ2n) is 4.30. The zero-order valence-corrected chi connectivity index (χ0v) is 13.4. The molecule has 0 saturated heterocycles. The van der Waals surface area contributed by atoms with E-state index in [0.717, 1.165) is 40.0 Å². The molecule has 0 aliphatic heterocycles. The predicted molar refractivity (Wildman–Crippen MR) is 76.8 cm³/mol. The van der Waals surface area contributed by atoms with Gasteiger partial charge in [0.2, 0.25) is 0 Å². The van der Waals surface area contributed by atoms with Crippen molar-refractivity contribution < 1.29 is 17.2 Å². The average molecular weight is 353 g/mol. The summed E-state index contributed by atoms with van der Waals surface area (Å²) in [6.07, 6.45) is 1.13. The molecule has 1 atom stereocenters. The first-order valence-corrected chi connectivity index (χ1v) is 8.41. The molecule has 1 unspecified atom stereocenters. The van der Waals surface area contributed by atoms with Gasteiger partial charge in [-0.2, -0.15) is 4.31 Å². The quantitative estimate of drug-likeness (QED) is 0.846. The highest BCUT2D eigenvalue weighted by Gasteiger charge is 2.29. The van der Waals surface area contributed by atoms with Gasteiger partial charge in [-0.25, -0.2) is 22.2 Å². The number of benzene rings is 1. The molecule has 0 aliphatic rings. The molecule has 2 aromatic rings. The highest BCUT2D eigenvalue weighted by Crippen LogP contribution is 2.31. The number of nitrogens with zero attached hydrogens (tertiary/aromatic N) is 2. The van der Waals surface area contributed by atoms with Crippen LogP contribution in [0.5, 0.6) is 0 Å². The molecule has 0 aliphatic carbocycles. The molecule has 1 aromatic carbocycles. The van der Waals surface area contributed by atoms with E-state index in [-0.39, 0.29) is 14.2 Å². The third-order valence-corrected chi connectivity index (χ3v) is 6.52. The summed E-state index contributed by atoms with van der Waals surface area (Å²) in [4.78, 5) is 3.67. The molecule has 4 nitrogen and oxygen atoms in total. The maximum atomic E-state index is 13.8.